The van der Waals surface area contributed by atoms with E-state index in [-0.39, 0.29) is 5.91 Å². The van der Waals surface area contributed by atoms with Crippen LogP contribution in [0.4, 0.5) is 5.69 Å². The highest BCUT2D eigenvalue weighted by Gasteiger charge is 2.20. The first-order chi connectivity index (χ1) is 9.60. The molecule has 0 aromatic carbocycles. The van der Waals surface area contributed by atoms with Crippen LogP contribution in [0.25, 0.3) is 0 Å². The standard InChI is InChI=1S/C16H25N3O/c1-11-5-4-6-13(7-11)9-19-16(20)14-10-18-12(2)8-15(14)17-3/h8,10-11,13H,4-7,9H2,1-3H3,(H,17,18)(H,19,20). The number of amides is 1. The van der Waals surface area contributed by atoms with Gasteiger partial charge in [0.25, 0.3) is 5.91 Å². The zero-order valence-corrected chi connectivity index (χ0v) is 12.7. The summed E-state index contributed by atoms with van der Waals surface area (Å²) in [5, 5.41) is 6.13. The zero-order chi connectivity index (χ0) is 14.5. The van der Waals surface area contributed by atoms with E-state index in [9.17, 15) is 4.79 Å². The van der Waals surface area contributed by atoms with Crippen LogP contribution in [-0.2, 0) is 0 Å². The number of carbonyl (C=O) groups is 1. The van der Waals surface area contributed by atoms with Gasteiger partial charge in [0.05, 0.1) is 11.3 Å². The molecule has 1 heterocycles. The van der Waals surface area contributed by atoms with Crippen LogP contribution >= 0.6 is 0 Å². The second-order valence-corrected chi connectivity index (χ2v) is 5.97. The summed E-state index contributed by atoms with van der Waals surface area (Å²) in [5.74, 6) is 1.39. The second kappa shape index (κ2) is 6.73. The highest BCUT2D eigenvalue weighted by molar-refractivity contribution is 5.99. The number of nitrogens with one attached hydrogen (secondary N) is 2. The van der Waals surface area contributed by atoms with Gasteiger partial charge in [-0.05, 0) is 37.7 Å². The minimum atomic E-state index is -0.0277. The highest BCUT2D eigenvalue weighted by atomic mass is 16.1. The molecule has 2 unspecified atom stereocenters. The van der Waals surface area contributed by atoms with E-state index in [2.05, 4.69) is 22.5 Å². The molecule has 0 radical (unpaired) electrons. The number of anilines is 1. The molecule has 1 saturated carbocycles. The maximum absolute atomic E-state index is 12.3. The summed E-state index contributed by atoms with van der Waals surface area (Å²) >= 11 is 0. The van der Waals surface area contributed by atoms with Gasteiger partial charge in [0.1, 0.15) is 0 Å². The van der Waals surface area contributed by atoms with Crippen LogP contribution in [0, 0.1) is 18.8 Å². The molecule has 1 aliphatic rings. The molecule has 1 amide bonds. The fourth-order valence-electron chi connectivity index (χ4n) is 3.02. The second-order valence-electron chi connectivity index (χ2n) is 5.97. The van der Waals surface area contributed by atoms with E-state index in [0.717, 1.165) is 23.8 Å². The lowest BCUT2D eigenvalue weighted by atomic mass is 9.82. The van der Waals surface area contributed by atoms with E-state index in [1.807, 2.05) is 20.0 Å². The molecule has 0 spiro atoms. The van der Waals surface area contributed by atoms with Crippen LogP contribution in [0.15, 0.2) is 12.3 Å². The molecule has 2 atom stereocenters. The molecule has 1 aromatic heterocycles. The van der Waals surface area contributed by atoms with Crippen molar-refractivity contribution < 1.29 is 4.79 Å². The summed E-state index contributed by atoms with van der Waals surface area (Å²) in [6.07, 6.45) is 6.73. The molecule has 1 aliphatic carbocycles. The Labute approximate surface area is 121 Å². The summed E-state index contributed by atoms with van der Waals surface area (Å²) in [7, 11) is 1.83. The smallest absolute Gasteiger partial charge is 0.254 e. The molecule has 110 valence electrons. The van der Waals surface area contributed by atoms with E-state index in [1.165, 1.54) is 25.7 Å². The molecule has 2 N–H and O–H groups in total. The molecule has 4 heteroatoms. The maximum Gasteiger partial charge on any atom is 0.254 e. The summed E-state index contributed by atoms with van der Waals surface area (Å²) in [6, 6.07) is 1.90. The van der Waals surface area contributed by atoms with Crippen LogP contribution < -0.4 is 10.6 Å². The summed E-state index contributed by atoms with van der Waals surface area (Å²) in [4.78, 5) is 16.5. The average Bonchev–Trinajstić information content (AvgIpc) is 2.44. The van der Waals surface area contributed by atoms with Gasteiger partial charge in [-0.1, -0.05) is 19.8 Å². The van der Waals surface area contributed by atoms with E-state index in [4.69, 9.17) is 0 Å². The van der Waals surface area contributed by atoms with Gasteiger partial charge in [-0.25, -0.2) is 0 Å². The van der Waals surface area contributed by atoms with Gasteiger partial charge >= 0.3 is 0 Å². The summed E-state index contributed by atoms with van der Waals surface area (Å²) < 4.78 is 0. The van der Waals surface area contributed by atoms with Crippen molar-refractivity contribution in [2.45, 2.75) is 39.5 Å². The molecule has 1 aromatic rings. The normalized spacial score (nSPS) is 22.4. The maximum atomic E-state index is 12.3. The fourth-order valence-corrected chi connectivity index (χ4v) is 3.02. The van der Waals surface area contributed by atoms with Crippen molar-refractivity contribution in [1.82, 2.24) is 10.3 Å². The Balaban J connectivity index is 1.94. The van der Waals surface area contributed by atoms with E-state index in [1.54, 1.807) is 6.20 Å². The molecule has 2 rings (SSSR count). The molecule has 1 fully saturated rings. The number of aryl methyl sites for hydroxylation is 1. The predicted molar refractivity (Wildman–Crippen MR) is 82.0 cm³/mol. The van der Waals surface area contributed by atoms with Crippen LogP contribution in [-0.4, -0.2) is 24.5 Å². The highest BCUT2D eigenvalue weighted by Crippen LogP contribution is 2.28. The molecular formula is C16H25N3O. The SMILES string of the molecule is CNc1cc(C)ncc1C(=O)NCC1CCCC(C)C1. The van der Waals surface area contributed by atoms with Crippen molar-refractivity contribution in [3.8, 4) is 0 Å². The molecular weight excluding hydrogens is 250 g/mol. The first-order valence-electron chi connectivity index (χ1n) is 7.52. The molecule has 0 saturated heterocycles. The van der Waals surface area contributed by atoms with Crippen LogP contribution in [0.5, 0.6) is 0 Å². The van der Waals surface area contributed by atoms with Crippen LogP contribution in [0.1, 0.15) is 48.7 Å². The Bertz CT molecular complexity index is 473. The predicted octanol–water partition coefficient (Wildman–Crippen LogP) is 2.99. The number of hydrogen-bond acceptors (Lipinski definition) is 3. The Kier molecular flexibility index (Phi) is 4.99. The first kappa shape index (κ1) is 14.8. The van der Waals surface area contributed by atoms with Gasteiger partial charge in [0.2, 0.25) is 0 Å². The van der Waals surface area contributed by atoms with Crippen LogP contribution in [0.3, 0.4) is 0 Å². The number of pyridine rings is 1. The molecule has 0 bridgehead atoms. The van der Waals surface area contributed by atoms with Crippen molar-refractivity contribution in [3.05, 3.63) is 23.5 Å². The molecule has 0 aliphatic heterocycles. The molecule has 20 heavy (non-hydrogen) atoms. The lowest BCUT2D eigenvalue weighted by molar-refractivity contribution is 0.0941. The lowest BCUT2D eigenvalue weighted by Gasteiger charge is -2.26. The van der Waals surface area contributed by atoms with Crippen molar-refractivity contribution in [2.24, 2.45) is 11.8 Å². The van der Waals surface area contributed by atoms with Gasteiger partial charge in [-0.3, -0.25) is 9.78 Å². The minimum absolute atomic E-state index is 0.0277. The Morgan fingerprint density at radius 1 is 1.45 bits per heavy atom. The van der Waals surface area contributed by atoms with E-state index in [0.29, 0.717) is 11.5 Å². The number of hydrogen-bond donors (Lipinski definition) is 2. The summed E-state index contributed by atoms with van der Waals surface area (Å²) in [5.41, 5.74) is 2.38. The summed E-state index contributed by atoms with van der Waals surface area (Å²) in [6.45, 7) is 5.00. The average molecular weight is 275 g/mol. The first-order valence-corrected chi connectivity index (χ1v) is 7.52. The van der Waals surface area contributed by atoms with Gasteiger partial charge in [0, 0.05) is 25.5 Å². The third kappa shape index (κ3) is 3.71. The Morgan fingerprint density at radius 2 is 2.25 bits per heavy atom. The number of nitrogens with zero attached hydrogens (tertiary/aromatic N) is 1. The van der Waals surface area contributed by atoms with E-state index < -0.39 is 0 Å². The molecule has 4 nitrogen and oxygen atoms in total. The lowest BCUT2D eigenvalue weighted by Crippen LogP contribution is -2.32. The zero-order valence-electron chi connectivity index (χ0n) is 12.7. The third-order valence-electron chi connectivity index (χ3n) is 4.15. The van der Waals surface area contributed by atoms with Crippen molar-refractivity contribution in [2.75, 3.05) is 18.9 Å². The fraction of sp³-hybridized carbons (Fsp3) is 0.625. The monoisotopic (exact) mass is 275 g/mol. The van der Waals surface area contributed by atoms with Crippen molar-refractivity contribution in [1.29, 1.82) is 0 Å². The topological polar surface area (TPSA) is 54.0 Å². The largest absolute Gasteiger partial charge is 0.387 e. The minimum Gasteiger partial charge on any atom is -0.387 e. The number of aromatic nitrogens is 1. The quantitative estimate of drug-likeness (QED) is 0.888. The Morgan fingerprint density at radius 3 is 2.95 bits per heavy atom. The van der Waals surface area contributed by atoms with Crippen molar-refractivity contribution >= 4 is 11.6 Å². The van der Waals surface area contributed by atoms with Crippen molar-refractivity contribution in [3.63, 3.8) is 0 Å². The number of carbonyl (C=O) groups excluding carboxylic acids is 1. The van der Waals surface area contributed by atoms with Gasteiger partial charge in [0.15, 0.2) is 0 Å². The van der Waals surface area contributed by atoms with Gasteiger partial charge in [-0.15, -0.1) is 0 Å². The Hall–Kier alpha value is -1.58. The van der Waals surface area contributed by atoms with Crippen LogP contribution in [0.2, 0.25) is 0 Å². The van der Waals surface area contributed by atoms with Gasteiger partial charge in [-0.2, -0.15) is 0 Å². The number of rotatable bonds is 4. The third-order valence-corrected chi connectivity index (χ3v) is 4.15. The van der Waals surface area contributed by atoms with Gasteiger partial charge < -0.3 is 10.6 Å². The van der Waals surface area contributed by atoms with E-state index >= 15 is 0 Å².